The summed E-state index contributed by atoms with van der Waals surface area (Å²) < 4.78 is 4.94. The minimum atomic E-state index is 0.0346. The summed E-state index contributed by atoms with van der Waals surface area (Å²) in [4.78, 5) is 10.4. The van der Waals surface area contributed by atoms with E-state index >= 15 is 0 Å². The third-order valence-electron chi connectivity index (χ3n) is 38.2. The summed E-state index contributed by atoms with van der Waals surface area (Å²) >= 11 is 26.2. The van der Waals surface area contributed by atoms with Crippen molar-refractivity contribution >= 4 is 224 Å². The predicted molar refractivity (Wildman–Crippen MR) is 647 cm³/mol. The second-order valence-corrected chi connectivity index (χ2v) is 69.3. The lowest BCUT2D eigenvalue weighted by molar-refractivity contribution is 0.332. The molecule has 8 aliphatic carbocycles. The fraction of sp³-hybridized carbons (Fsp3) is 0.500. The van der Waals surface area contributed by atoms with E-state index in [-0.39, 0.29) is 93.4 Å². The molecule has 0 atom stereocenters. The molecule has 4 heterocycles. The monoisotopic (exact) mass is 2280 g/mol. The molecule has 0 amide bonds. The Morgan fingerprint density at radius 2 is 0.546 bits per heavy atom. The highest BCUT2D eigenvalue weighted by Crippen LogP contribution is 2.62. The third-order valence-corrected chi connectivity index (χ3v) is 40.8. The van der Waals surface area contributed by atoms with Gasteiger partial charge < -0.3 is 19.6 Å². The first-order chi connectivity index (χ1) is 65.3. The molecule has 0 saturated carbocycles. The van der Waals surface area contributed by atoms with Gasteiger partial charge >= 0.3 is 0.282 Å². The lowest BCUT2D eigenvalue weighted by Crippen LogP contribution is -2.61. The summed E-state index contributed by atoms with van der Waals surface area (Å²) in [5, 5.41) is 6.62. The van der Waals surface area contributed by atoms with E-state index in [1.807, 2.05) is 11.3 Å². The Labute approximate surface area is 907 Å². The topological polar surface area (TPSA) is 13.0 Å². The van der Waals surface area contributed by atoms with Crippen molar-refractivity contribution in [2.45, 2.75) is 411 Å². The smallest absolute Gasteiger partial charge is 0.311 e. The van der Waals surface area contributed by atoms with Crippen molar-refractivity contribution in [3.05, 3.63) is 262 Å². The summed E-state index contributed by atoms with van der Waals surface area (Å²) in [7, 11) is 0. The van der Waals surface area contributed by atoms with E-state index in [1.165, 1.54) is 265 Å². The first-order valence-electron chi connectivity index (χ1n) is 53.2. The Kier molecular flexibility index (Phi) is 24.8. The molecule has 740 valence electrons. The normalized spacial score (nSPS) is 21.9. The van der Waals surface area contributed by atoms with Crippen molar-refractivity contribution in [1.82, 2.24) is 0 Å². The molecule has 12 aromatic rings. The van der Waals surface area contributed by atoms with Crippen LogP contribution in [0.5, 0.6) is 0 Å². The third kappa shape index (κ3) is 17.3. The average Bonchev–Trinajstić information content (AvgIpc) is 1.56. The van der Waals surface area contributed by atoms with Crippen molar-refractivity contribution in [1.29, 1.82) is 0 Å². The van der Waals surface area contributed by atoms with Crippen molar-refractivity contribution in [3.8, 4) is 0 Å². The quantitative estimate of drug-likeness (QED) is 0.111. The van der Waals surface area contributed by atoms with Crippen molar-refractivity contribution < 1.29 is 0 Å². The van der Waals surface area contributed by atoms with Crippen LogP contribution in [-0.2, 0) is 86.6 Å². The standard InChI is InChI=1S/C64H76BClN2S.C64H79ClN2S.BI3/c1-57(2)21-23-59(5,6)43-31-38(17-19-41(43)57)67-50-35-47-46(62(11,12)26-27-63(47,13)14)34-49(50)65-54-51(67)29-37(66)30-52(54)68(39-18-20-42-44(32-39)60(7,8)24-22-58(42,3)4)55-40-33-45-48(36-53(40)69-56(55)65)64(15,16)28-25-61(45,9)10;1-57(2)23-26-60(7,8)50-34-41(17-20-47(50)57)66(42-18-21-48-51(35-42)61(9,10)27-24-58(48,3)4)44-31-40(65)32-45(33-44)67(43-19-22-49-52(36-43)62(11,12)28-25-59(49,5)6)55-39-68-56-38-54-53(37-46(55)56)63(13,14)29-30-64(54,15)16;2-1(3)4/h17-20,29-36H,21-28H2,1-16H3;17-22,31-39H,23-30H2,1-16H3;. The van der Waals surface area contributed by atoms with Crippen LogP contribution in [0.1, 0.15) is 413 Å². The molecule has 10 aromatic carbocycles. The Hall–Kier alpha value is -5.78. The molecule has 22 rings (SSSR count). The lowest BCUT2D eigenvalue weighted by atomic mass is 9.35. The number of rotatable bonds is 8. The number of benzene rings is 10. The molecular weight excluding hydrogens is 2130 g/mol. The van der Waals surface area contributed by atoms with Gasteiger partial charge in [0.15, 0.2) is 0 Å². The largest absolute Gasteiger partial charge is 0.355 e. The maximum atomic E-state index is 7.69. The number of halogens is 5. The second kappa shape index (κ2) is 34.1. The zero-order valence-electron chi connectivity index (χ0n) is 91.1. The zero-order valence-corrected chi connectivity index (χ0v) is 101. The van der Waals surface area contributed by atoms with Crippen LogP contribution in [0.4, 0.5) is 68.2 Å². The molecule has 10 aliphatic rings. The Morgan fingerprint density at radius 3 is 0.922 bits per heavy atom. The van der Waals surface area contributed by atoms with Crippen LogP contribution in [-0.4, -0.2) is 6.99 Å². The Bertz CT molecular complexity index is 7070. The maximum absolute atomic E-state index is 7.69. The van der Waals surface area contributed by atoms with Gasteiger partial charge in [-0.25, -0.2) is 0 Å². The summed E-state index contributed by atoms with van der Waals surface area (Å²) in [6, 6.07) is 64.4. The summed E-state index contributed by atoms with van der Waals surface area (Å²) in [5.74, 6) is 0. The van der Waals surface area contributed by atoms with Crippen LogP contribution in [0.3, 0.4) is 0 Å². The van der Waals surface area contributed by atoms with Crippen LogP contribution < -0.4 is 35.3 Å². The van der Waals surface area contributed by atoms with E-state index in [9.17, 15) is 0 Å². The molecular formula is C128H155B2Cl2I3N4S2. The highest BCUT2D eigenvalue weighted by Gasteiger charge is 2.53. The molecule has 141 heavy (non-hydrogen) atoms. The van der Waals surface area contributed by atoms with E-state index < -0.39 is 0 Å². The first-order valence-corrected chi connectivity index (χ1v) is 59.4. The lowest BCUT2D eigenvalue weighted by Gasteiger charge is -2.47. The van der Waals surface area contributed by atoms with Gasteiger partial charge in [0.25, 0.3) is 6.71 Å². The summed E-state index contributed by atoms with van der Waals surface area (Å²) in [6.07, 6.45) is 18.9. The fourth-order valence-corrected chi connectivity index (χ4v) is 30.3. The van der Waals surface area contributed by atoms with Crippen molar-refractivity contribution in [2.24, 2.45) is 0 Å². The molecule has 0 spiro atoms. The minimum Gasteiger partial charge on any atom is -0.311 e. The van der Waals surface area contributed by atoms with Gasteiger partial charge in [-0.2, -0.15) is 0 Å². The van der Waals surface area contributed by atoms with E-state index in [4.69, 9.17) is 23.2 Å². The number of anilines is 12. The number of nitrogens with zero attached hydrogens (tertiary/aromatic N) is 4. The van der Waals surface area contributed by atoms with Gasteiger partial charge in [-0.3, -0.25) is 0 Å². The molecule has 2 aromatic heterocycles. The molecule has 0 unspecified atom stereocenters. The summed E-state index contributed by atoms with van der Waals surface area (Å²) in [6.45, 7) is 78.7. The summed E-state index contributed by atoms with van der Waals surface area (Å²) in [5.41, 5.74) is 42.5. The van der Waals surface area contributed by atoms with Crippen LogP contribution in [0.15, 0.2) is 163 Å². The molecule has 0 fully saturated rings. The fourth-order valence-electron chi connectivity index (χ4n) is 27.6. The highest BCUT2D eigenvalue weighted by atomic mass is 127. The van der Waals surface area contributed by atoms with Crippen molar-refractivity contribution in [3.63, 3.8) is 0 Å². The van der Waals surface area contributed by atoms with E-state index in [1.54, 1.807) is 0 Å². The zero-order chi connectivity index (χ0) is 102. The maximum Gasteiger partial charge on any atom is 0.355 e. The number of hydrogen-bond donors (Lipinski definition) is 0. The first kappa shape index (κ1) is 102. The van der Waals surface area contributed by atoms with Gasteiger partial charge in [0.05, 0.1) is 11.4 Å². The minimum absolute atomic E-state index is 0.0346. The van der Waals surface area contributed by atoms with E-state index in [2.05, 4.69) is 483 Å². The molecule has 0 bridgehead atoms. The van der Waals surface area contributed by atoms with Crippen LogP contribution in [0, 0.1) is 0 Å². The van der Waals surface area contributed by atoms with Crippen LogP contribution in [0.2, 0.25) is 10.0 Å². The van der Waals surface area contributed by atoms with Gasteiger partial charge in [-0.15, -0.1) is 89.8 Å². The molecule has 2 aliphatic heterocycles. The molecule has 13 heteroatoms. The SMILES string of the molecule is CC1(C)CCC(C)(C)c2cc(N(c3cc(Cl)cc(N(c4ccc5c(c4)C(C)(C)CCC5(C)C)c4csc5cc6c(cc45)C(C)(C)CCC6(C)C)c3)c3ccc4c(c3)C(C)(C)CCC4(C)C)ccc21.CC1(C)CCC(C)(C)c2cc(N3c4cc5c(cc4B4c6sc7cc8c(cc7c6N(c6ccc7c(c6)C(C)(C)CCC7(C)C)c6cc(Cl)cc3c64)C(C)(C)CCC8(C)C)C(C)(C)CCC5(C)C)ccc21.IB(I)I. The van der Waals surface area contributed by atoms with Gasteiger partial charge in [0.1, 0.15) is 0 Å². The highest BCUT2D eigenvalue weighted by molar-refractivity contribution is 14.4. The second-order valence-electron chi connectivity index (χ2n) is 55.5. The van der Waals surface area contributed by atoms with E-state index in [0.717, 1.165) is 41.0 Å². The number of thiophene rings is 2. The van der Waals surface area contributed by atoms with Gasteiger partial charge in [0, 0.05) is 97.2 Å². The molecule has 4 nitrogen and oxygen atoms in total. The molecule has 0 N–H and O–H groups in total. The van der Waals surface area contributed by atoms with Gasteiger partial charge in [0.2, 0.25) is 0 Å². The molecule has 0 saturated heterocycles. The molecule has 0 radical (unpaired) electrons. The number of hydrogen-bond acceptors (Lipinski definition) is 6. The Morgan fingerprint density at radius 1 is 0.270 bits per heavy atom. The predicted octanol–water partition coefficient (Wildman–Crippen LogP) is 39.2. The van der Waals surface area contributed by atoms with Gasteiger partial charge in [-0.1, -0.05) is 281 Å². The van der Waals surface area contributed by atoms with Crippen LogP contribution in [0.25, 0.3) is 20.2 Å². The van der Waals surface area contributed by atoms with Crippen molar-refractivity contribution in [2.75, 3.05) is 19.6 Å². The van der Waals surface area contributed by atoms with Crippen LogP contribution >= 0.6 is 113 Å². The van der Waals surface area contributed by atoms with E-state index in [0.29, 0.717) is 0 Å². The van der Waals surface area contributed by atoms with Gasteiger partial charge in [-0.05, 0) is 411 Å². The number of fused-ring (bicyclic) bond motifs is 15. The Balaban J connectivity index is 0.000000167. The average molecular weight is 2290 g/mol.